The van der Waals surface area contributed by atoms with Gasteiger partial charge in [-0.25, -0.2) is 4.79 Å². The highest BCUT2D eigenvalue weighted by molar-refractivity contribution is 6.04. The van der Waals surface area contributed by atoms with Crippen LogP contribution < -0.4 is 10.1 Å². The summed E-state index contributed by atoms with van der Waals surface area (Å²) in [6.45, 7) is 6.24. The first kappa shape index (κ1) is 21.1. The van der Waals surface area contributed by atoms with Gasteiger partial charge < -0.3 is 19.5 Å². The normalized spacial score (nSPS) is 19.2. The van der Waals surface area contributed by atoms with Gasteiger partial charge in [0.2, 0.25) is 0 Å². The van der Waals surface area contributed by atoms with E-state index >= 15 is 0 Å². The molecule has 29 heavy (non-hydrogen) atoms. The summed E-state index contributed by atoms with van der Waals surface area (Å²) in [5.74, 6) is -0.210. The van der Waals surface area contributed by atoms with E-state index in [-0.39, 0.29) is 18.5 Å². The molecular formula is C23H29NO5. The van der Waals surface area contributed by atoms with Crippen LogP contribution in [0.4, 0.5) is 0 Å². The van der Waals surface area contributed by atoms with Crippen molar-refractivity contribution >= 4 is 11.8 Å². The Balaban J connectivity index is 2.11. The summed E-state index contributed by atoms with van der Waals surface area (Å²) in [4.78, 5) is 26.0. The maximum atomic E-state index is 13.0. The van der Waals surface area contributed by atoms with Crippen molar-refractivity contribution in [3.8, 4) is 5.75 Å². The molecular weight excluding hydrogens is 370 g/mol. The van der Waals surface area contributed by atoms with E-state index in [0.29, 0.717) is 35.6 Å². The van der Waals surface area contributed by atoms with Gasteiger partial charge in [0.1, 0.15) is 12.4 Å². The fraction of sp³-hybridized carbons (Fsp3) is 0.478. The fourth-order valence-electron chi connectivity index (χ4n) is 3.94. The number of rotatable bonds is 7. The van der Waals surface area contributed by atoms with Crippen molar-refractivity contribution < 1.29 is 23.8 Å². The van der Waals surface area contributed by atoms with Gasteiger partial charge in [0.25, 0.3) is 0 Å². The van der Waals surface area contributed by atoms with E-state index < -0.39 is 11.9 Å². The molecule has 0 spiro atoms. The van der Waals surface area contributed by atoms with Crippen molar-refractivity contribution in [1.82, 2.24) is 5.32 Å². The first-order valence-electron chi connectivity index (χ1n) is 10.1. The Hall–Kier alpha value is -2.60. The molecule has 6 heteroatoms. The number of allylic oxidation sites excluding steroid dienone is 3. The molecule has 1 N–H and O–H groups in total. The van der Waals surface area contributed by atoms with E-state index in [1.807, 2.05) is 45.0 Å². The zero-order chi connectivity index (χ0) is 21.0. The lowest BCUT2D eigenvalue weighted by atomic mass is 9.75. The van der Waals surface area contributed by atoms with Crippen molar-refractivity contribution in [1.29, 1.82) is 0 Å². The number of ether oxygens (including phenoxy) is 3. The lowest BCUT2D eigenvalue weighted by molar-refractivity contribution is -0.140. The standard InChI is InChI=1S/C23H29NO5/c1-14(2)29-19-11-6-5-8-16(19)21-20(23(26)28-13-12-27-4)15(3)24-17-9-7-10-18(25)22(17)21/h5-6,8,11,14,21,24H,7,9-10,12-13H2,1-4H3/t21-/m0/s1. The molecule has 1 atom stereocenters. The second-order valence-corrected chi connectivity index (χ2v) is 7.60. The maximum Gasteiger partial charge on any atom is 0.336 e. The van der Waals surface area contributed by atoms with Crippen molar-refractivity contribution in [2.75, 3.05) is 20.3 Å². The third-order valence-electron chi connectivity index (χ3n) is 5.11. The highest BCUT2D eigenvalue weighted by atomic mass is 16.6. The smallest absolute Gasteiger partial charge is 0.336 e. The number of esters is 1. The first-order chi connectivity index (χ1) is 13.9. The number of hydrogen-bond acceptors (Lipinski definition) is 6. The molecule has 0 bridgehead atoms. The van der Waals surface area contributed by atoms with Crippen LogP contribution in [0, 0.1) is 0 Å². The number of methoxy groups -OCH3 is 1. The van der Waals surface area contributed by atoms with Crippen LogP contribution in [0.1, 0.15) is 51.5 Å². The summed E-state index contributed by atoms with van der Waals surface area (Å²) in [5.41, 5.74) is 3.53. The fourth-order valence-corrected chi connectivity index (χ4v) is 3.94. The number of hydrogen-bond donors (Lipinski definition) is 1. The van der Waals surface area contributed by atoms with Gasteiger partial charge in [-0.2, -0.15) is 0 Å². The predicted octanol–water partition coefficient (Wildman–Crippen LogP) is 3.63. The van der Waals surface area contributed by atoms with Crippen LogP contribution in [0.5, 0.6) is 5.75 Å². The van der Waals surface area contributed by atoms with Crippen LogP contribution in [0.25, 0.3) is 0 Å². The number of carbonyl (C=O) groups excluding carboxylic acids is 2. The summed E-state index contributed by atoms with van der Waals surface area (Å²) in [6, 6.07) is 7.61. The highest BCUT2D eigenvalue weighted by Gasteiger charge is 2.40. The van der Waals surface area contributed by atoms with Crippen LogP contribution >= 0.6 is 0 Å². The second kappa shape index (κ2) is 9.27. The Kier molecular flexibility index (Phi) is 6.75. The summed E-state index contributed by atoms with van der Waals surface area (Å²) in [7, 11) is 1.56. The number of ketones is 1. The van der Waals surface area contributed by atoms with Gasteiger partial charge in [-0.05, 0) is 39.7 Å². The molecule has 3 rings (SSSR count). The van der Waals surface area contributed by atoms with Crippen molar-refractivity contribution in [2.24, 2.45) is 0 Å². The molecule has 0 saturated carbocycles. The monoisotopic (exact) mass is 399 g/mol. The third kappa shape index (κ3) is 4.53. The summed E-state index contributed by atoms with van der Waals surface area (Å²) < 4.78 is 16.5. The summed E-state index contributed by atoms with van der Waals surface area (Å²) >= 11 is 0. The Morgan fingerprint density at radius 1 is 1.21 bits per heavy atom. The summed E-state index contributed by atoms with van der Waals surface area (Å²) in [5, 5.41) is 3.30. The zero-order valence-electron chi connectivity index (χ0n) is 17.5. The Bertz CT molecular complexity index is 853. The third-order valence-corrected chi connectivity index (χ3v) is 5.11. The van der Waals surface area contributed by atoms with Crippen LogP contribution in [0.2, 0.25) is 0 Å². The largest absolute Gasteiger partial charge is 0.491 e. The number of Topliss-reactive ketones (excluding diaryl/α,β-unsaturated/α-hetero) is 1. The number of dihydropyridines is 1. The van der Waals surface area contributed by atoms with E-state index in [1.165, 1.54) is 0 Å². The molecule has 0 aromatic heterocycles. The number of carbonyl (C=O) groups is 2. The van der Waals surface area contributed by atoms with Gasteiger partial charge >= 0.3 is 5.97 Å². The number of benzene rings is 1. The van der Waals surface area contributed by atoms with Crippen LogP contribution in [-0.2, 0) is 19.1 Å². The Labute approximate surface area is 171 Å². The molecule has 0 fully saturated rings. The average Bonchev–Trinajstić information content (AvgIpc) is 2.67. The van der Waals surface area contributed by atoms with Gasteiger partial charge in [0, 0.05) is 36.1 Å². The van der Waals surface area contributed by atoms with Crippen LogP contribution in [0.15, 0.2) is 46.8 Å². The molecule has 0 unspecified atom stereocenters. The van der Waals surface area contributed by atoms with Crippen molar-refractivity contribution in [2.45, 2.75) is 52.1 Å². The molecule has 1 aromatic rings. The molecule has 0 radical (unpaired) electrons. The van der Waals surface area contributed by atoms with E-state index in [0.717, 1.165) is 24.1 Å². The van der Waals surface area contributed by atoms with Gasteiger partial charge in [-0.15, -0.1) is 0 Å². The van der Waals surface area contributed by atoms with Crippen molar-refractivity contribution in [3.63, 3.8) is 0 Å². The van der Waals surface area contributed by atoms with E-state index in [9.17, 15) is 9.59 Å². The number of nitrogens with one attached hydrogen (secondary N) is 1. The van der Waals surface area contributed by atoms with Gasteiger partial charge in [-0.3, -0.25) is 4.79 Å². The molecule has 2 aliphatic rings. The first-order valence-corrected chi connectivity index (χ1v) is 10.1. The molecule has 1 aliphatic carbocycles. The average molecular weight is 399 g/mol. The second-order valence-electron chi connectivity index (χ2n) is 7.60. The number of para-hydroxylation sites is 1. The van der Waals surface area contributed by atoms with Crippen LogP contribution in [-0.4, -0.2) is 38.2 Å². The lowest BCUT2D eigenvalue weighted by Crippen LogP contribution is -2.34. The van der Waals surface area contributed by atoms with Gasteiger partial charge in [0.05, 0.1) is 24.2 Å². The highest BCUT2D eigenvalue weighted by Crippen LogP contribution is 2.45. The molecule has 1 aromatic carbocycles. The summed E-state index contributed by atoms with van der Waals surface area (Å²) in [6.07, 6.45) is 2.04. The lowest BCUT2D eigenvalue weighted by Gasteiger charge is -2.35. The van der Waals surface area contributed by atoms with E-state index in [2.05, 4.69) is 5.32 Å². The molecule has 0 amide bonds. The molecule has 1 aliphatic heterocycles. The minimum absolute atomic E-state index is 0.0319. The van der Waals surface area contributed by atoms with E-state index in [4.69, 9.17) is 14.2 Å². The van der Waals surface area contributed by atoms with Crippen molar-refractivity contribution in [3.05, 3.63) is 52.4 Å². The predicted molar refractivity (Wildman–Crippen MR) is 110 cm³/mol. The SMILES string of the molecule is COCCOC(=O)C1=C(C)NC2=C(C(=O)CCC2)[C@H]1c1ccccc1OC(C)C. The maximum absolute atomic E-state index is 13.0. The molecule has 1 heterocycles. The quantitative estimate of drug-likeness (QED) is 0.558. The van der Waals surface area contributed by atoms with Crippen LogP contribution in [0.3, 0.4) is 0 Å². The zero-order valence-corrected chi connectivity index (χ0v) is 17.5. The Morgan fingerprint density at radius 3 is 2.69 bits per heavy atom. The minimum atomic E-state index is -0.510. The molecule has 6 nitrogen and oxygen atoms in total. The Morgan fingerprint density at radius 2 is 1.97 bits per heavy atom. The van der Waals surface area contributed by atoms with E-state index in [1.54, 1.807) is 7.11 Å². The minimum Gasteiger partial charge on any atom is -0.491 e. The van der Waals surface area contributed by atoms with Gasteiger partial charge in [-0.1, -0.05) is 18.2 Å². The molecule has 0 saturated heterocycles. The topological polar surface area (TPSA) is 73.9 Å². The molecule has 156 valence electrons. The van der Waals surface area contributed by atoms with Gasteiger partial charge in [0.15, 0.2) is 5.78 Å².